The number of nitriles is 1. The van der Waals surface area contributed by atoms with Crippen LogP contribution < -0.4 is 5.32 Å². The monoisotopic (exact) mass is 513 g/mol. The van der Waals surface area contributed by atoms with Gasteiger partial charge in [-0.1, -0.05) is 24.6 Å². The van der Waals surface area contributed by atoms with Gasteiger partial charge < -0.3 is 5.32 Å². The second-order valence-electron chi connectivity index (χ2n) is 9.44. The van der Waals surface area contributed by atoms with E-state index in [0.29, 0.717) is 22.6 Å². The average molecular weight is 514 g/mol. The first-order valence-electron chi connectivity index (χ1n) is 11.9. The van der Waals surface area contributed by atoms with Gasteiger partial charge in [0.2, 0.25) is 0 Å². The van der Waals surface area contributed by atoms with Crippen molar-refractivity contribution in [2.24, 2.45) is 5.92 Å². The number of hydrogen-bond acceptors (Lipinski definition) is 9. The first-order chi connectivity index (χ1) is 17.8. The summed E-state index contributed by atoms with van der Waals surface area (Å²) in [6, 6.07) is 10.6. The lowest BCUT2D eigenvalue weighted by Crippen LogP contribution is -2.17. The van der Waals surface area contributed by atoms with Gasteiger partial charge in [0.05, 0.1) is 29.0 Å². The van der Waals surface area contributed by atoms with E-state index in [1.165, 1.54) is 16.4 Å². The summed E-state index contributed by atoms with van der Waals surface area (Å²) in [7, 11) is -3.82. The molecule has 1 saturated carbocycles. The molecule has 0 bridgehead atoms. The summed E-state index contributed by atoms with van der Waals surface area (Å²) in [5, 5.41) is 21.2. The van der Waals surface area contributed by atoms with E-state index < -0.39 is 10.0 Å². The number of anilines is 1. The molecule has 0 amide bonds. The summed E-state index contributed by atoms with van der Waals surface area (Å²) < 4.78 is 29.9. The van der Waals surface area contributed by atoms with Gasteiger partial charge in [0, 0.05) is 18.2 Å². The van der Waals surface area contributed by atoms with Crippen molar-refractivity contribution in [1.29, 1.82) is 5.26 Å². The van der Waals surface area contributed by atoms with Crippen LogP contribution in [0.5, 0.6) is 0 Å². The van der Waals surface area contributed by atoms with E-state index in [4.69, 9.17) is 5.26 Å². The number of fused-ring (bicyclic) bond motifs is 3. The summed E-state index contributed by atoms with van der Waals surface area (Å²) in [6.45, 7) is 4.08. The Labute approximate surface area is 212 Å². The first kappa shape index (κ1) is 23.1. The lowest BCUT2D eigenvalue weighted by molar-refractivity contribution is 0.507. The summed E-state index contributed by atoms with van der Waals surface area (Å²) in [5.41, 5.74) is 2.77. The molecule has 186 valence electrons. The molecule has 1 aliphatic rings. The van der Waals surface area contributed by atoms with Crippen molar-refractivity contribution in [3.63, 3.8) is 0 Å². The molecule has 0 spiro atoms. The highest BCUT2D eigenvalue weighted by Crippen LogP contribution is 2.40. The normalized spacial score (nSPS) is 19.9. The van der Waals surface area contributed by atoms with Gasteiger partial charge in [-0.05, 0) is 43.9 Å². The fraction of sp³-hybridized carbons (Fsp3) is 0.280. The van der Waals surface area contributed by atoms with Crippen LogP contribution in [0.4, 0.5) is 5.82 Å². The van der Waals surface area contributed by atoms with Crippen molar-refractivity contribution >= 4 is 32.7 Å². The van der Waals surface area contributed by atoms with E-state index in [9.17, 15) is 8.42 Å². The highest BCUT2D eigenvalue weighted by Gasteiger charge is 2.36. The molecule has 0 radical (unpaired) electrons. The van der Waals surface area contributed by atoms with Crippen LogP contribution >= 0.6 is 0 Å². The Morgan fingerprint density at radius 2 is 1.84 bits per heavy atom. The summed E-state index contributed by atoms with van der Waals surface area (Å²) in [6.07, 6.45) is 7.77. The van der Waals surface area contributed by atoms with Crippen molar-refractivity contribution in [1.82, 2.24) is 33.5 Å². The minimum atomic E-state index is -3.82. The van der Waals surface area contributed by atoms with Crippen LogP contribution in [0, 0.1) is 24.2 Å². The molecule has 4 aromatic heterocycles. The molecule has 3 unspecified atom stereocenters. The van der Waals surface area contributed by atoms with Crippen molar-refractivity contribution in [2.75, 3.05) is 5.32 Å². The van der Waals surface area contributed by atoms with E-state index >= 15 is 0 Å². The highest BCUT2D eigenvalue weighted by molar-refractivity contribution is 7.90. The number of nitrogens with zero attached hydrogens (tertiary/aromatic N) is 8. The zero-order valence-electron chi connectivity index (χ0n) is 20.1. The van der Waals surface area contributed by atoms with Gasteiger partial charge in [0.1, 0.15) is 17.7 Å². The number of aromatic nitrogens is 7. The van der Waals surface area contributed by atoms with Gasteiger partial charge in [-0.2, -0.15) is 5.26 Å². The molecule has 11 nitrogen and oxygen atoms in total. The van der Waals surface area contributed by atoms with Gasteiger partial charge in [-0.15, -0.1) is 10.2 Å². The standard InChI is InChI=1S/C25H23N9O2S/c1-15-3-5-19(6-4-15)37(35,36)33-8-7-21-25(33)29-14-23-31-32-24(34(21)23)20-10-17(9-16(20)2)30-22-13-27-18(11-26)12-28-22/h3-8,12-14,16-17,20H,9-10H2,1-2H3,(H,28,30). The highest BCUT2D eigenvalue weighted by atomic mass is 32.2. The minimum absolute atomic E-state index is 0.0847. The molecule has 5 aromatic rings. The average Bonchev–Trinajstić information content (AvgIpc) is 3.61. The number of benzene rings is 1. The molecule has 1 fully saturated rings. The minimum Gasteiger partial charge on any atom is -0.366 e. The van der Waals surface area contributed by atoms with E-state index in [1.54, 1.807) is 42.7 Å². The molecule has 1 aromatic carbocycles. The Morgan fingerprint density at radius 3 is 2.57 bits per heavy atom. The maximum atomic E-state index is 13.4. The molecule has 0 aliphatic heterocycles. The Kier molecular flexibility index (Phi) is 5.38. The molecule has 37 heavy (non-hydrogen) atoms. The smallest absolute Gasteiger partial charge is 0.269 e. The number of nitrogens with one attached hydrogen (secondary N) is 1. The third kappa shape index (κ3) is 3.88. The van der Waals surface area contributed by atoms with Gasteiger partial charge in [-0.25, -0.2) is 27.3 Å². The van der Waals surface area contributed by atoms with Gasteiger partial charge >= 0.3 is 0 Å². The lowest BCUT2D eigenvalue weighted by Gasteiger charge is -2.14. The number of hydrogen-bond donors (Lipinski definition) is 1. The fourth-order valence-corrected chi connectivity index (χ4v) is 6.40. The van der Waals surface area contributed by atoms with Crippen molar-refractivity contribution < 1.29 is 8.42 Å². The second-order valence-corrected chi connectivity index (χ2v) is 11.3. The Morgan fingerprint density at radius 1 is 1.03 bits per heavy atom. The molecule has 4 heterocycles. The second kappa shape index (κ2) is 8.63. The molecule has 3 atom stereocenters. The van der Waals surface area contributed by atoms with Crippen LogP contribution in [0.15, 0.2) is 60.0 Å². The zero-order chi connectivity index (χ0) is 25.7. The van der Waals surface area contributed by atoms with E-state index in [2.05, 4.69) is 37.4 Å². The van der Waals surface area contributed by atoms with Crippen LogP contribution in [0.3, 0.4) is 0 Å². The van der Waals surface area contributed by atoms with Gasteiger partial charge in [0.25, 0.3) is 10.0 Å². The summed E-state index contributed by atoms with van der Waals surface area (Å²) in [5.74, 6) is 1.77. The van der Waals surface area contributed by atoms with E-state index in [-0.39, 0.29) is 28.5 Å². The quantitative estimate of drug-likeness (QED) is 0.374. The van der Waals surface area contributed by atoms with Crippen LogP contribution in [0.25, 0.3) is 16.8 Å². The maximum Gasteiger partial charge on any atom is 0.269 e. The van der Waals surface area contributed by atoms with E-state index in [1.807, 2.05) is 17.4 Å². The van der Waals surface area contributed by atoms with Crippen molar-refractivity contribution in [2.45, 2.75) is 43.5 Å². The third-order valence-corrected chi connectivity index (χ3v) is 8.65. The molecule has 12 heteroatoms. The van der Waals surface area contributed by atoms with Crippen LogP contribution in [-0.4, -0.2) is 48.0 Å². The van der Waals surface area contributed by atoms with Crippen LogP contribution in [0.1, 0.15) is 42.8 Å². The van der Waals surface area contributed by atoms with Crippen LogP contribution in [-0.2, 0) is 10.0 Å². The Hall–Kier alpha value is -4.37. The molecular formula is C25H23N9O2S. The molecule has 1 N–H and O–H groups in total. The third-order valence-electron chi connectivity index (χ3n) is 6.97. The topological polar surface area (TPSA) is 144 Å². The van der Waals surface area contributed by atoms with Gasteiger partial charge in [0.15, 0.2) is 17.0 Å². The zero-order valence-corrected chi connectivity index (χ0v) is 21.0. The molecular weight excluding hydrogens is 490 g/mol. The Bertz CT molecular complexity index is 1770. The molecule has 0 saturated heterocycles. The SMILES string of the molecule is Cc1ccc(S(=O)(=O)n2ccc3c2ncc2nnc(C4CC(Nc5cnc(C#N)cn5)CC4C)n23)cc1. The Balaban J connectivity index is 1.35. The van der Waals surface area contributed by atoms with Crippen molar-refractivity contribution in [3.8, 4) is 6.07 Å². The van der Waals surface area contributed by atoms with E-state index in [0.717, 1.165) is 24.2 Å². The first-order valence-corrected chi connectivity index (χ1v) is 13.3. The summed E-state index contributed by atoms with van der Waals surface area (Å²) in [4.78, 5) is 13.0. The molecule has 6 rings (SSSR count). The van der Waals surface area contributed by atoms with Crippen molar-refractivity contribution in [3.05, 3.63) is 72.2 Å². The summed E-state index contributed by atoms with van der Waals surface area (Å²) >= 11 is 0. The van der Waals surface area contributed by atoms with Gasteiger partial charge in [-0.3, -0.25) is 4.40 Å². The largest absolute Gasteiger partial charge is 0.366 e. The molecule has 1 aliphatic carbocycles. The predicted molar refractivity (Wildman–Crippen MR) is 135 cm³/mol. The maximum absolute atomic E-state index is 13.4. The van der Waals surface area contributed by atoms with Crippen LogP contribution in [0.2, 0.25) is 0 Å². The number of rotatable bonds is 5. The fourth-order valence-electron chi connectivity index (χ4n) is 5.11. The predicted octanol–water partition coefficient (Wildman–Crippen LogP) is 3.28. The number of aryl methyl sites for hydroxylation is 1. The lowest BCUT2D eigenvalue weighted by atomic mass is 9.97.